The van der Waals surface area contributed by atoms with E-state index in [9.17, 15) is 0 Å². The second kappa shape index (κ2) is 5.41. The summed E-state index contributed by atoms with van der Waals surface area (Å²) in [5.41, 5.74) is 2.50. The Hall–Kier alpha value is -0.930. The van der Waals surface area contributed by atoms with E-state index in [-0.39, 0.29) is 0 Å². The van der Waals surface area contributed by atoms with E-state index in [0.717, 1.165) is 32.6 Å². The monoisotopic (exact) mass is 219 g/mol. The van der Waals surface area contributed by atoms with Gasteiger partial charge in [0.25, 0.3) is 0 Å². The molecule has 0 bridgehead atoms. The molecule has 1 aliphatic rings. The first-order chi connectivity index (χ1) is 7.78. The average Bonchev–Trinajstić information content (AvgIpc) is 2.30. The van der Waals surface area contributed by atoms with Crippen LogP contribution < -0.4 is 5.32 Å². The molecule has 88 valence electrons. The topological polar surface area (TPSA) is 28.2 Å². The van der Waals surface area contributed by atoms with Gasteiger partial charge in [-0.2, -0.15) is 0 Å². The van der Waals surface area contributed by atoms with E-state index in [1.54, 1.807) is 0 Å². The van der Waals surface area contributed by atoms with Crippen molar-refractivity contribution in [3.63, 3.8) is 0 Å². The van der Waals surface area contributed by atoms with Crippen LogP contribution in [0.15, 0.2) is 18.3 Å². The van der Waals surface area contributed by atoms with Crippen LogP contribution in [-0.4, -0.2) is 35.6 Å². The molecule has 2 heterocycles. The van der Waals surface area contributed by atoms with E-state index in [1.165, 1.54) is 11.3 Å². The normalized spacial score (nSPS) is 22.2. The molecule has 1 aromatic rings. The Balaban J connectivity index is 1.92. The van der Waals surface area contributed by atoms with Crippen LogP contribution in [0.3, 0.4) is 0 Å². The number of aromatic nitrogens is 1. The zero-order valence-electron chi connectivity index (χ0n) is 10.2. The lowest BCUT2D eigenvalue weighted by molar-refractivity contribution is 0.197. The van der Waals surface area contributed by atoms with Crippen LogP contribution >= 0.6 is 0 Å². The van der Waals surface area contributed by atoms with Gasteiger partial charge in [-0.3, -0.25) is 9.88 Å². The Morgan fingerprint density at radius 1 is 1.50 bits per heavy atom. The Labute approximate surface area is 97.9 Å². The number of rotatable bonds is 3. The molecule has 3 heteroatoms. The Morgan fingerprint density at radius 3 is 3.00 bits per heavy atom. The summed E-state index contributed by atoms with van der Waals surface area (Å²) < 4.78 is 0. The maximum atomic E-state index is 4.51. The third-order valence-corrected chi connectivity index (χ3v) is 3.13. The molecule has 16 heavy (non-hydrogen) atoms. The van der Waals surface area contributed by atoms with E-state index in [2.05, 4.69) is 41.2 Å². The molecule has 2 rings (SSSR count). The van der Waals surface area contributed by atoms with Crippen LogP contribution in [0.2, 0.25) is 0 Å². The molecule has 0 aliphatic carbocycles. The summed E-state index contributed by atoms with van der Waals surface area (Å²) in [5, 5.41) is 3.45. The van der Waals surface area contributed by atoms with Gasteiger partial charge in [-0.05, 0) is 25.0 Å². The number of pyridine rings is 1. The molecule has 0 amide bonds. The summed E-state index contributed by atoms with van der Waals surface area (Å²) in [7, 11) is 0. The molecule has 0 spiro atoms. The van der Waals surface area contributed by atoms with Crippen molar-refractivity contribution in [3.05, 3.63) is 29.6 Å². The molecule has 0 aromatic carbocycles. The minimum Gasteiger partial charge on any atom is -0.312 e. The summed E-state index contributed by atoms with van der Waals surface area (Å²) in [6.07, 6.45) is 3.07. The highest BCUT2D eigenvalue weighted by Gasteiger charge is 2.15. The zero-order valence-corrected chi connectivity index (χ0v) is 10.2. The summed E-state index contributed by atoms with van der Waals surface area (Å²) in [6, 6.07) is 4.95. The van der Waals surface area contributed by atoms with Crippen LogP contribution in [-0.2, 0) is 13.0 Å². The highest BCUT2D eigenvalue weighted by Crippen LogP contribution is 2.07. The van der Waals surface area contributed by atoms with Gasteiger partial charge in [-0.25, -0.2) is 0 Å². The largest absolute Gasteiger partial charge is 0.312 e. The van der Waals surface area contributed by atoms with Crippen molar-refractivity contribution < 1.29 is 0 Å². The molecule has 1 unspecified atom stereocenters. The number of nitrogens with zero attached hydrogens (tertiary/aromatic N) is 2. The van der Waals surface area contributed by atoms with Gasteiger partial charge in [0, 0.05) is 38.4 Å². The second-order valence-electron chi connectivity index (χ2n) is 4.60. The lowest BCUT2D eigenvalue weighted by Gasteiger charge is -2.31. The maximum Gasteiger partial charge on any atom is 0.0544 e. The van der Waals surface area contributed by atoms with Crippen LogP contribution in [0, 0.1) is 0 Å². The van der Waals surface area contributed by atoms with Gasteiger partial charge in [-0.15, -0.1) is 0 Å². The molecule has 1 fully saturated rings. The standard InChI is InChI=1S/C13H21N3/c1-3-12-4-5-13(15-8-12)10-16-7-6-14-11(2)9-16/h4-5,8,11,14H,3,6-7,9-10H2,1-2H3. The van der Waals surface area contributed by atoms with E-state index >= 15 is 0 Å². The van der Waals surface area contributed by atoms with Gasteiger partial charge in [0.1, 0.15) is 0 Å². The molecular weight excluding hydrogens is 198 g/mol. The molecule has 0 saturated carbocycles. The van der Waals surface area contributed by atoms with Gasteiger partial charge in [-0.1, -0.05) is 13.0 Å². The quantitative estimate of drug-likeness (QED) is 0.833. The Bertz CT molecular complexity index is 320. The fraction of sp³-hybridized carbons (Fsp3) is 0.615. The molecular formula is C13H21N3. The maximum absolute atomic E-state index is 4.51. The van der Waals surface area contributed by atoms with E-state index in [0.29, 0.717) is 6.04 Å². The number of hydrogen-bond donors (Lipinski definition) is 1. The third kappa shape index (κ3) is 3.03. The summed E-state index contributed by atoms with van der Waals surface area (Å²) in [6.45, 7) is 8.72. The van der Waals surface area contributed by atoms with Crippen molar-refractivity contribution in [2.24, 2.45) is 0 Å². The van der Waals surface area contributed by atoms with Crippen molar-refractivity contribution >= 4 is 0 Å². The predicted molar refractivity (Wildman–Crippen MR) is 66.4 cm³/mol. The SMILES string of the molecule is CCc1ccc(CN2CCNC(C)C2)nc1. The van der Waals surface area contributed by atoms with E-state index in [4.69, 9.17) is 0 Å². The molecule has 1 atom stereocenters. The first kappa shape index (κ1) is 11.6. The minimum atomic E-state index is 0.601. The van der Waals surface area contributed by atoms with Crippen LogP contribution in [0.5, 0.6) is 0 Å². The fourth-order valence-electron chi connectivity index (χ4n) is 2.14. The summed E-state index contributed by atoms with van der Waals surface area (Å²) in [4.78, 5) is 6.97. The minimum absolute atomic E-state index is 0.601. The van der Waals surface area contributed by atoms with E-state index in [1.807, 2.05) is 6.20 Å². The molecule has 1 saturated heterocycles. The van der Waals surface area contributed by atoms with Gasteiger partial charge in [0.05, 0.1) is 5.69 Å². The van der Waals surface area contributed by atoms with E-state index < -0.39 is 0 Å². The van der Waals surface area contributed by atoms with Gasteiger partial charge in [0.15, 0.2) is 0 Å². The van der Waals surface area contributed by atoms with Crippen LogP contribution in [0.25, 0.3) is 0 Å². The van der Waals surface area contributed by atoms with Crippen LogP contribution in [0.4, 0.5) is 0 Å². The lowest BCUT2D eigenvalue weighted by atomic mass is 10.2. The molecule has 0 radical (unpaired) electrons. The first-order valence-electron chi connectivity index (χ1n) is 6.17. The number of piperazine rings is 1. The van der Waals surface area contributed by atoms with Crippen molar-refractivity contribution in [2.45, 2.75) is 32.9 Å². The Morgan fingerprint density at radius 2 is 2.38 bits per heavy atom. The third-order valence-electron chi connectivity index (χ3n) is 3.13. The fourth-order valence-corrected chi connectivity index (χ4v) is 2.14. The van der Waals surface area contributed by atoms with Crippen molar-refractivity contribution in [2.75, 3.05) is 19.6 Å². The lowest BCUT2D eigenvalue weighted by Crippen LogP contribution is -2.48. The smallest absolute Gasteiger partial charge is 0.0544 e. The predicted octanol–water partition coefficient (Wildman–Crippen LogP) is 1.44. The molecule has 3 nitrogen and oxygen atoms in total. The van der Waals surface area contributed by atoms with Crippen LogP contribution in [0.1, 0.15) is 25.1 Å². The second-order valence-corrected chi connectivity index (χ2v) is 4.60. The van der Waals surface area contributed by atoms with Gasteiger partial charge >= 0.3 is 0 Å². The molecule has 1 aliphatic heterocycles. The van der Waals surface area contributed by atoms with Gasteiger partial charge < -0.3 is 5.32 Å². The Kier molecular flexibility index (Phi) is 3.91. The zero-order chi connectivity index (χ0) is 11.4. The average molecular weight is 219 g/mol. The number of aryl methyl sites for hydroxylation is 1. The molecule has 1 aromatic heterocycles. The van der Waals surface area contributed by atoms with Crippen molar-refractivity contribution in [1.82, 2.24) is 15.2 Å². The van der Waals surface area contributed by atoms with Crippen molar-refractivity contribution in [3.8, 4) is 0 Å². The number of nitrogens with one attached hydrogen (secondary N) is 1. The summed E-state index contributed by atoms with van der Waals surface area (Å²) in [5.74, 6) is 0. The highest BCUT2D eigenvalue weighted by atomic mass is 15.2. The molecule has 1 N–H and O–H groups in total. The summed E-state index contributed by atoms with van der Waals surface area (Å²) >= 11 is 0. The number of hydrogen-bond acceptors (Lipinski definition) is 3. The first-order valence-corrected chi connectivity index (χ1v) is 6.17. The van der Waals surface area contributed by atoms with Crippen molar-refractivity contribution in [1.29, 1.82) is 0 Å². The highest BCUT2D eigenvalue weighted by molar-refractivity contribution is 5.13. The van der Waals surface area contributed by atoms with Gasteiger partial charge in [0.2, 0.25) is 0 Å².